The molecule has 2 unspecified atom stereocenters. The third-order valence-electron chi connectivity index (χ3n) is 9.20. The fourth-order valence-electron chi connectivity index (χ4n) is 6.56. The molecular formula is C38H37Cl2N7O3. The Hall–Kier alpha value is -4.61. The van der Waals surface area contributed by atoms with E-state index in [2.05, 4.69) is 44.5 Å². The SMILES string of the molecule is COc1nc(-c2cccc(-c3ccnc(-c4cnc5cc(CNCC6CCC(=O)N6)ccc5c4)c3Cl)c2Cl)ccc1CNCC1CCC(=O)N1. The summed E-state index contributed by atoms with van der Waals surface area (Å²) in [7, 11) is 1.60. The third kappa shape index (κ3) is 7.44. The summed E-state index contributed by atoms with van der Waals surface area (Å²) in [6, 6.07) is 20.1. The zero-order valence-corrected chi connectivity index (χ0v) is 29.1. The van der Waals surface area contributed by atoms with Gasteiger partial charge in [-0.15, -0.1) is 0 Å². The standard InChI is InChI=1S/C38H37Cl2N7O3/c1-50-38-24(18-42-21-27-9-12-34(49)46-27)7-10-31(47-38)30-4-2-3-28(35(30)39)29-13-14-43-37(36(29)40)25-16-23-6-5-22(15-32(23)44-19-25)17-41-20-26-8-11-33(48)45-26/h2-7,10,13-16,19,26-27,41-42H,8-9,11-12,17-18,20-21H2,1H3,(H,45,48)(H,46,49). The maximum atomic E-state index is 11.5. The maximum Gasteiger partial charge on any atom is 0.220 e. The Morgan fingerprint density at radius 3 is 2.26 bits per heavy atom. The summed E-state index contributed by atoms with van der Waals surface area (Å²) in [5, 5.41) is 14.7. The number of nitrogens with one attached hydrogen (secondary N) is 4. The number of nitrogens with zero attached hydrogens (tertiary/aromatic N) is 3. The van der Waals surface area contributed by atoms with E-state index in [1.165, 1.54) is 0 Å². The predicted octanol–water partition coefficient (Wildman–Crippen LogP) is 6.08. The molecule has 3 aromatic heterocycles. The second-order valence-electron chi connectivity index (χ2n) is 12.7. The van der Waals surface area contributed by atoms with Gasteiger partial charge in [-0.2, -0.15) is 0 Å². The fraction of sp³-hybridized carbons (Fsp3) is 0.289. The van der Waals surface area contributed by atoms with Gasteiger partial charge in [0.1, 0.15) is 0 Å². The number of hydrogen-bond acceptors (Lipinski definition) is 8. The van der Waals surface area contributed by atoms with Gasteiger partial charge in [-0.1, -0.05) is 59.6 Å². The molecule has 2 aromatic carbocycles. The topological polar surface area (TPSA) is 130 Å². The van der Waals surface area contributed by atoms with Gasteiger partial charge < -0.3 is 26.0 Å². The summed E-state index contributed by atoms with van der Waals surface area (Å²) in [5.41, 5.74) is 7.22. The molecule has 12 heteroatoms. The number of methoxy groups -OCH3 is 1. The quantitative estimate of drug-likeness (QED) is 0.123. The van der Waals surface area contributed by atoms with Crippen LogP contribution >= 0.6 is 23.2 Å². The number of carbonyl (C=O) groups is 2. The van der Waals surface area contributed by atoms with Gasteiger partial charge in [0.25, 0.3) is 0 Å². The largest absolute Gasteiger partial charge is 0.481 e. The zero-order chi connectivity index (χ0) is 34.6. The van der Waals surface area contributed by atoms with Crippen molar-refractivity contribution in [3.63, 3.8) is 0 Å². The Kier molecular flexibility index (Phi) is 10.2. The minimum absolute atomic E-state index is 0.0993. The van der Waals surface area contributed by atoms with Crippen molar-refractivity contribution in [2.75, 3.05) is 20.2 Å². The van der Waals surface area contributed by atoms with Gasteiger partial charge in [0.15, 0.2) is 0 Å². The van der Waals surface area contributed by atoms with Crippen LogP contribution in [0.25, 0.3) is 44.5 Å². The Morgan fingerprint density at radius 1 is 0.820 bits per heavy atom. The smallest absolute Gasteiger partial charge is 0.220 e. The Bertz CT molecular complexity index is 2070. The van der Waals surface area contributed by atoms with Crippen molar-refractivity contribution in [2.45, 2.75) is 50.9 Å². The molecule has 2 fully saturated rings. The van der Waals surface area contributed by atoms with Gasteiger partial charge in [-0.25, -0.2) is 4.98 Å². The summed E-state index contributed by atoms with van der Waals surface area (Å²) in [5.74, 6) is 0.724. The zero-order valence-electron chi connectivity index (χ0n) is 27.6. The van der Waals surface area contributed by atoms with Crippen molar-refractivity contribution in [2.24, 2.45) is 0 Å². The van der Waals surface area contributed by atoms with Gasteiger partial charge in [-0.05, 0) is 42.7 Å². The van der Waals surface area contributed by atoms with Crippen LogP contribution < -0.4 is 26.0 Å². The van der Waals surface area contributed by atoms with Crippen LogP contribution in [0.15, 0.2) is 73.1 Å². The number of halogens is 2. The highest BCUT2D eigenvalue weighted by Crippen LogP contribution is 2.42. The average molecular weight is 711 g/mol. The van der Waals surface area contributed by atoms with Gasteiger partial charge in [0, 0.05) is 96.7 Å². The lowest BCUT2D eigenvalue weighted by molar-refractivity contribution is -0.120. The van der Waals surface area contributed by atoms with Gasteiger partial charge in [0.05, 0.1) is 34.1 Å². The number of rotatable bonds is 12. The molecule has 0 aliphatic carbocycles. The lowest BCUT2D eigenvalue weighted by Gasteiger charge is -2.15. The number of fused-ring (bicyclic) bond motifs is 1. The van der Waals surface area contributed by atoms with Crippen molar-refractivity contribution in [3.8, 4) is 39.5 Å². The summed E-state index contributed by atoms with van der Waals surface area (Å²) in [6.07, 6.45) is 6.39. The first kappa shape index (κ1) is 33.9. The van der Waals surface area contributed by atoms with Gasteiger partial charge >= 0.3 is 0 Å². The maximum absolute atomic E-state index is 11.5. The molecule has 2 amide bonds. The number of aromatic nitrogens is 3. The van der Waals surface area contributed by atoms with Crippen LogP contribution in [0.1, 0.15) is 36.8 Å². The van der Waals surface area contributed by atoms with Crippen molar-refractivity contribution in [1.82, 2.24) is 36.2 Å². The lowest BCUT2D eigenvalue weighted by Crippen LogP contribution is -2.35. The Labute approximate surface area is 300 Å². The monoisotopic (exact) mass is 709 g/mol. The normalized spacial score (nSPS) is 17.3. The van der Waals surface area contributed by atoms with E-state index in [0.29, 0.717) is 59.8 Å². The first-order chi connectivity index (χ1) is 24.4. The molecule has 10 nitrogen and oxygen atoms in total. The lowest BCUT2D eigenvalue weighted by atomic mass is 9.99. The van der Waals surface area contributed by atoms with E-state index in [0.717, 1.165) is 63.7 Å². The number of benzene rings is 2. The van der Waals surface area contributed by atoms with E-state index in [-0.39, 0.29) is 23.9 Å². The molecule has 50 heavy (non-hydrogen) atoms. The van der Waals surface area contributed by atoms with Crippen LogP contribution in [-0.4, -0.2) is 59.0 Å². The minimum Gasteiger partial charge on any atom is -0.481 e. The van der Waals surface area contributed by atoms with Crippen molar-refractivity contribution >= 4 is 45.9 Å². The summed E-state index contributed by atoms with van der Waals surface area (Å²) < 4.78 is 5.65. The molecule has 0 radical (unpaired) electrons. The van der Waals surface area contributed by atoms with Crippen molar-refractivity contribution in [3.05, 3.63) is 94.2 Å². The number of amides is 2. The number of pyridine rings is 3. The molecule has 2 aliphatic heterocycles. The molecule has 4 N–H and O–H groups in total. The number of ether oxygens (including phenoxy) is 1. The second-order valence-corrected chi connectivity index (χ2v) is 13.4. The summed E-state index contributed by atoms with van der Waals surface area (Å²) in [6.45, 7) is 2.66. The Morgan fingerprint density at radius 2 is 1.54 bits per heavy atom. The number of hydrogen-bond donors (Lipinski definition) is 4. The Balaban J connectivity index is 1.08. The summed E-state index contributed by atoms with van der Waals surface area (Å²) in [4.78, 5) is 37.1. The van der Waals surface area contributed by atoms with E-state index in [9.17, 15) is 9.59 Å². The van der Waals surface area contributed by atoms with Crippen molar-refractivity contribution in [1.29, 1.82) is 0 Å². The van der Waals surface area contributed by atoms with Crippen molar-refractivity contribution < 1.29 is 14.3 Å². The molecule has 0 bridgehead atoms. The molecule has 0 spiro atoms. The minimum atomic E-state index is 0.0993. The third-order valence-corrected chi connectivity index (χ3v) is 9.99. The average Bonchev–Trinajstić information content (AvgIpc) is 3.75. The first-order valence-electron chi connectivity index (χ1n) is 16.7. The molecule has 0 saturated carbocycles. The van der Waals surface area contributed by atoms with E-state index >= 15 is 0 Å². The van der Waals surface area contributed by atoms with E-state index in [4.69, 9.17) is 37.9 Å². The van der Waals surface area contributed by atoms with Crippen LogP contribution in [0, 0.1) is 0 Å². The highest BCUT2D eigenvalue weighted by Gasteiger charge is 2.22. The first-order valence-corrected chi connectivity index (χ1v) is 17.5. The van der Waals surface area contributed by atoms with Crippen LogP contribution in [0.5, 0.6) is 5.88 Å². The van der Waals surface area contributed by atoms with Crippen LogP contribution in [0.4, 0.5) is 0 Å². The van der Waals surface area contributed by atoms with Crippen LogP contribution in [0.2, 0.25) is 10.0 Å². The van der Waals surface area contributed by atoms with E-state index in [1.54, 1.807) is 19.5 Å². The van der Waals surface area contributed by atoms with Crippen LogP contribution in [0.3, 0.4) is 0 Å². The van der Waals surface area contributed by atoms with Gasteiger partial charge in [0.2, 0.25) is 17.7 Å². The predicted molar refractivity (Wildman–Crippen MR) is 196 cm³/mol. The molecule has 256 valence electrons. The van der Waals surface area contributed by atoms with E-state index < -0.39 is 0 Å². The summed E-state index contributed by atoms with van der Waals surface area (Å²) >= 11 is 14.1. The van der Waals surface area contributed by atoms with E-state index in [1.807, 2.05) is 42.5 Å². The highest BCUT2D eigenvalue weighted by molar-refractivity contribution is 6.39. The fourth-order valence-corrected chi connectivity index (χ4v) is 7.21. The van der Waals surface area contributed by atoms with Gasteiger partial charge in [-0.3, -0.25) is 19.6 Å². The molecule has 2 aliphatic rings. The second kappa shape index (κ2) is 15.1. The molecule has 5 aromatic rings. The molecule has 5 heterocycles. The molecular weight excluding hydrogens is 673 g/mol. The highest BCUT2D eigenvalue weighted by atomic mass is 35.5. The molecule has 2 atom stereocenters. The molecule has 2 saturated heterocycles. The van der Waals surface area contributed by atoms with Crippen LogP contribution in [-0.2, 0) is 22.7 Å². The molecule has 7 rings (SSSR count). The number of carbonyl (C=O) groups excluding carboxylic acids is 2.